The molecule has 0 bridgehead atoms. The molecular weight excluding hydrogens is 282 g/mol. The topological polar surface area (TPSA) is 55.6 Å². The molecule has 1 N–H and O–H groups in total. The Balaban J connectivity index is 2.29. The van der Waals surface area contributed by atoms with Crippen molar-refractivity contribution in [3.63, 3.8) is 0 Å². The van der Waals surface area contributed by atoms with Crippen molar-refractivity contribution in [1.82, 2.24) is 24.7 Å². The molecule has 0 amide bonds. The van der Waals surface area contributed by atoms with Crippen molar-refractivity contribution >= 4 is 23.1 Å². The van der Waals surface area contributed by atoms with E-state index in [1.165, 1.54) is 11.5 Å². The number of nitrogens with one attached hydrogen (secondary N) is 1. The quantitative estimate of drug-likeness (QED) is 0.920. The maximum Gasteiger partial charge on any atom is 0.0850 e. The second kappa shape index (κ2) is 5.98. The molecule has 0 radical (unpaired) electrons. The number of likely N-dealkylation sites (N-methyl/N-ethyl adjacent to an activating group) is 1. The van der Waals surface area contributed by atoms with E-state index in [0.717, 1.165) is 39.8 Å². The lowest BCUT2D eigenvalue weighted by Crippen LogP contribution is -2.20. The lowest BCUT2D eigenvalue weighted by Gasteiger charge is -2.15. The van der Waals surface area contributed by atoms with Crippen molar-refractivity contribution in [2.24, 2.45) is 7.05 Å². The molecule has 0 spiro atoms. The average molecular weight is 300 g/mol. The normalized spacial score (nSPS) is 12.9. The minimum Gasteiger partial charge on any atom is -0.312 e. The molecule has 1 atom stereocenters. The van der Waals surface area contributed by atoms with Gasteiger partial charge in [0, 0.05) is 13.5 Å². The molecule has 2 rings (SSSR count). The lowest BCUT2D eigenvalue weighted by atomic mass is 10.1. The zero-order valence-electron chi connectivity index (χ0n) is 11.6. The molecule has 0 aliphatic carbocycles. The Hall–Kier alpha value is -0.980. The number of aryl methyl sites for hydroxylation is 3. The minimum absolute atomic E-state index is 0.164. The SMILES string of the molecule is CCc1nn(C)c(CC(NC)c2snnc2C)c1Cl. The third kappa shape index (κ3) is 2.80. The van der Waals surface area contributed by atoms with Crippen molar-refractivity contribution < 1.29 is 0 Å². The second-order valence-electron chi connectivity index (χ2n) is 4.45. The summed E-state index contributed by atoms with van der Waals surface area (Å²) in [4.78, 5) is 1.15. The first-order chi connectivity index (χ1) is 9.08. The van der Waals surface area contributed by atoms with Crippen LogP contribution in [-0.2, 0) is 19.9 Å². The summed E-state index contributed by atoms with van der Waals surface area (Å²) in [6, 6.07) is 0.164. The number of nitrogens with zero attached hydrogens (tertiary/aromatic N) is 4. The van der Waals surface area contributed by atoms with Gasteiger partial charge in [-0.1, -0.05) is 23.0 Å². The highest BCUT2D eigenvalue weighted by Crippen LogP contribution is 2.28. The van der Waals surface area contributed by atoms with Gasteiger partial charge in [0.25, 0.3) is 0 Å². The minimum atomic E-state index is 0.164. The molecule has 0 saturated carbocycles. The van der Waals surface area contributed by atoms with Crippen LogP contribution in [0.25, 0.3) is 0 Å². The fourth-order valence-corrected chi connectivity index (χ4v) is 3.24. The summed E-state index contributed by atoms with van der Waals surface area (Å²) >= 11 is 7.82. The molecule has 0 saturated heterocycles. The molecule has 2 heterocycles. The average Bonchev–Trinajstić information content (AvgIpc) is 2.93. The Labute approximate surface area is 122 Å². The van der Waals surface area contributed by atoms with Crippen LogP contribution >= 0.6 is 23.1 Å². The van der Waals surface area contributed by atoms with E-state index in [1.807, 2.05) is 25.7 Å². The van der Waals surface area contributed by atoms with Gasteiger partial charge in [-0.05, 0) is 31.9 Å². The van der Waals surface area contributed by atoms with E-state index in [2.05, 4.69) is 26.9 Å². The highest BCUT2D eigenvalue weighted by molar-refractivity contribution is 7.05. The molecule has 19 heavy (non-hydrogen) atoms. The van der Waals surface area contributed by atoms with E-state index >= 15 is 0 Å². The first-order valence-electron chi connectivity index (χ1n) is 6.24. The van der Waals surface area contributed by atoms with Gasteiger partial charge in [-0.3, -0.25) is 4.68 Å². The van der Waals surface area contributed by atoms with Crippen LogP contribution in [-0.4, -0.2) is 26.4 Å². The van der Waals surface area contributed by atoms with Crippen molar-refractivity contribution in [3.05, 3.63) is 27.0 Å². The van der Waals surface area contributed by atoms with E-state index in [-0.39, 0.29) is 6.04 Å². The summed E-state index contributed by atoms with van der Waals surface area (Å²) in [5.74, 6) is 0. The highest BCUT2D eigenvalue weighted by Gasteiger charge is 2.21. The monoisotopic (exact) mass is 299 g/mol. The summed E-state index contributed by atoms with van der Waals surface area (Å²) in [5.41, 5.74) is 2.97. The largest absolute Gasteiger partial charge is 0.312 e. The molecular formula is C12H18ClN5S. The summed E-state index contributed by atoms with van der Waals surface area (Å²) < 4.78 is 5.87. The van der Waals surface area contributed by atoms with E-state index in [0.29, 0.717) is 0 Å². The first-order valence-corrected chi connectivity index (χ1v) is 7.39. The van der Waals surface area contributed by atoms with Gasteiger partial charge in [0.05, 0.1) is 33.0 Å². The Morgan fingerprint density at radius 3 is 2.68 bits per heavy atom. The van der Waals surface area contributed by atoms with Gasteiger partial charge in [0.15, 0.2) is 0 Å². The smallest absolute Gasteiger partial charge is 0.0850 e. The zero-order chi connectivity index (χ0) is 14.0. The summed E-state index contributed by atoms with van der Waals surface area (Å²) in [6.45, 7) is 4.04. The highest BCUT2D eigenvalue weighted by atomic mass is 35.5. The molecule has 1 unspecified atom stereocenters. The number of hydrogen-bond acceptors (Lipinski definition) is 5. The van der Waals surface area contributed by atoms with E-state index in [1.54, 1.807) is 0 Å². The van der Waals surface area contributed by atoms with Crippen LogP contribution in [0.4, 0.5) is 0 Å². The molecule has 2 aromatic rings. The van der Waals surface area contributed by atoms with Gasteiger partial charge in [-0.2, -0.15) is 5.10 Å². The Morgan fingerprint density at radius 1 is 1.47 bits per heavy atom. The fourth-order valence-electron chi connectivity index (χ4n) is 2.12. The number of aromatic nitrogens is 4. The maximum atomic E-state index is 6.39. The molecule has 0 aliphatic rings. The number of hydrogen-bond donors (Lipinski definition) is 1. The van der Waals surface area contributed by atoms with Crippen LogP contribution in [0.2, 0.25) is 5.02 Å². The van der Waals surface area contributed by atoms with Crippen LogP contribution < -0.4 is 5.32 Å². The van der Waals surface area contributed by atoms with Crippen molar-refractivity contribution in [2.45, 2.75) is 32.7 Å². The van der Waals surface area contributed by atoms with E-state index in [4.69, 9.17) is 11.6 Å². The van der Waals surface area contributed by atoms with Gasteiger partial charge in [0.2, 0.25) is 0 Å². The lowest BCUT2D eigenvalue weighted by molar-refractivity contribution is 0.565. The van der Waals surface area contributed by atoms with Crippen LogP contribution in [0.5, 0.6) is 0 Å². The summed E-state index contributed by atoms with van der Waals surface area (Å²) in [7, 11) is 3.87. The Bertz CT molecular complexity index is 562. The first kappa shape index (κ1) is 14.4. The molecule has 2 aromatic heterocycles. The van der Waals surface area contributed by atoms with Crippen molar-refractivity contribution in [2.75, 3.05) is 7.05 Å². The number of halogens is 1. The second-order valence-corrected chi connectivity index (χ2v) is 5.62. The number of rotatable bonds is 5. The van der Waals surface area contributed by atoms with Crippen LogP contribution in [0.1, 0.15) is 34.9 Å². The fraction of sp³-hybridized carbons (Fsp3) is 0.583. The summed E-state index contributed by atoms with van der Waals surface area (Å²) in [6.07, 6.45) is 1.63. The molecule has 0 fully saturated rings. The molecule has 104 valence electrons. The van der Waals surface area contributed by atoms with Gasteiger partial charge < -0.3 is 5.32 Å². The van der Waals surface area contributed by atoms with E-state index < -0.39 is 0 Å². The predicted octanol–water partition coefficient (Wildman–Crippen LogP) is 2.30. The van der Waals surface area contributed by atoms with Gasteiger partial charge in [-0.15, -0.1) is 5.10 Å². The Kier molecular flexibility index (Phi) is 4.54. The van der Waals surface area contributed by atoms with Gasteiger partial charge in [-0.25, -0.2) is 0 Å². The third-order valence-electron chi connectivity index (χ3n) is 3.25. The van der Waals surface area contributed by atoms with Crippen LogP contribution in [0, 0.1) is 6.92 Å². The standard InChI is InChI=1S/C12H18ClN5S/c1-5-8-11(13)10(18(4)16-8)6-9(14-3)12-7(2)15-17-19-12/h9,14H,5-6H2,1-4H3. The van der Waals surface area contributed by atoms with Gasteiger partial charge in [0.1, 0.15) is 0 Å². The van der Waals surface area contributed by atoms with Crippen molar-refractivity contribution in [1.29, 1.82) is 0 Å². The molecule has 7 heteroatoms. The van der Waals surface area contributed by atoms with Crippen LogP contribution in [0.15, 0.2) is 0 Å². The van der Waals surface area contributed by atoms with Crippen molar-refractivity contribution in [3.8, 4) is 0 Å². The van der Waals surface area contributed by atoms with E-state index in [9.17, 15) is 0 Å². The molecule has 5 nitrogen and oxygen atoms in total. The molecule has 0 aliphatic heterocycles. The Morgan fingerprint density at radius 2 is 2.21 bits per heavy atom. The predicted molar refractivity (Wildman–Crippen MR) is 77.7 cm³/mol. The van der Waals surface area contributed by atoms with Gasteiger partial charge >= 0.3 is 0 Å². The van der Waals surface area contributed by atoms with Crippen LogP contribution in [0.3, 0.4) is 0 Å². The third-order valence-corrected chi connectivity index (χ3v) is 4.63. The molecule has 0 aromatic carbocycles. The zero-order valence-corrected chi connectivity index (χ0v) is 13.1. The summed E-state index contributed by atoms with van der Waals surface area (Å²) in [5, 5.41) is 12.6. The maximum absolute atomic E-state index is 6.39.